The molecule has 7 nitrogen and oxygen atoms in total. The van der Waals surface area contributed by atoms with Crippen LogP contribution in [-0.2, 0) is 11.3 Å². The zero-order valence-electron chi connectivity index (χ0n) is 21.0. The van der Waals surface area contributed by atoms with Crippen molar-refractivity contribution < 1.29 is 19.4 Å². The number of aliphatic hydroxyl groups excluding tert-OH is 1. The summed E-state index contributed by atoms with van der Waals surface area (Å²) >= 11 is 0. The Morgan fingerprint density at radius 3 is 2.42 bits per heavy atom. The minimum atomic E-state index is -0.374. The highest BCUT2D eigenvalue weighted by atomic mass is 16.5. The first-order valence-corrected chi connectivity index (χ1v) is 12.3. The zero-order chi connectivity index (χ0) is 25.7. The summed E-state index contributed by atoms with van der Waals surface area (Å²) in [4.78, 5) is 34.2. The molecule has 0 saturated carbocycles. The van der Waals surface area contributed by atoms with Crippen LogP contribution in [0, 0.1) is 5.92 Å². The molecule has 2 aromatic carbocycles. The molecular weight excluding hydrogens is 454 g/mol. The molecule has 188 valence electrons. The van der Waals surface area contributed by atoms with Crippen LogP contribution in [0.2, 0.25) is 0 Å². The molecule has 0 aliphatic carbocycles. The van der Waals surface area contributed by atoms with E-state index in [1.54, 1.807) is 41.4 Å². The number of nitrogens with zero attached hydrogens (tertiary/aromatic N) is 3. The van der Waals surface area contributed by atoms with Crippen LogP contribution < -0.4 is 0 Å². The topological polar surface area (TPSA) is 83.0 Å². The van der Waals surface area contributed by atoms with Gasteiger partial charge in [-0.3, -0.25) is 14.6 Å². The maximum absolute atomic E-state index is 13.8. The zero-order valence-corrected chi connectivity index (χ0v) is 21.0. The highest BCUT2D eigenvalue weighted by Crippen LogP contribution is 2.31. The van der Waals surface area contributed by atoms with Gasteiger partial charge in [-0.1, -0.05) is 49.4 Å². The van der Waals surface area contributed by atoms with Gasteiger partial charge < -0.3 is 19.6 Å². The average molecular weight is 488 g/mol. The number of benzene rings is 2. The van der Waals surface area contributed by atoms with Crippen LogP contribution in [0.3, 0.4) is 0 Å². The van der Waals surface area contributed by atoms with Gasteiger partial charge in [-0.2, -0.15) is 0 Å². The Bertz CT molecular complexity index is 1200. The van der Waals surface area contributed by atoms with Gasteiger partial charge in [0, 0.05) is 49.6 Å². The second kappa shape index (κ2) is 11.5. The largest absolute Gasteiger partial charge is 0.394 e. The molecule has 1 aliphatic heterocycles. The standard InChI is InChI=1S/C29H33N3O4/c1-20-16-32(21(2)18-33)29(35)26-11-7-6-10-25(26)24-9-5-4-8-23(24)19-36-27(20)17-31(3)28(34)22-12-14-30-15-13-22/h4-15,20-21,27,33H,16-19H2,1-3H3/t20-,21-,27-/m0/s1. The fraction of sp³-hybridized carbons (Fsp3) is 0.345. The third kappa shape index (κ3) is 5.48. The van der Waals surface area contributed by atoms with Crippen molar-refractivity contribution in [2.24, 2.45) is 5.92 Å². The number of carbonyl (C=O) groups excluding carboxylic acids is 2. The van der Waals surface area contributed by atoms with E-state index in [4.69, 9.17) is 4.74 Å². The summed E-state index contributed by atoms with van der Waals surface area (Å²) in [5.41, 5.74) is 3.91. The second-order valence-electron chi connectivity index (χ2n) is 9.44. The first-order valence-electron chi connectivity index (χ1n) is 12.3. The highest BCUT2D eigenvalue weighted by Gasteiger charge is 2.31. The van der Waals surface area contributed by atoms with E-state index in [0.29, 0.717) is 30.8 Å². The van der Waals surface area contributed by atoms with E-state index in [-0.39, 0.29) is 36.5 Å². The average Bonchev–Trinajstić information content (AvgIpc) is 2.94. The van der Waals surface area contributed by atoms with Crippen molar-refractivity contribution in [2.45, 2.75) is 32.6 Å². The number of amides is 2. The van der Waals surface area contributed by atoms with Crippen molar-refractivity contribution in [1.82, 2.24) is 14.8 Å². The fourth-order valence-corrected chi connectivity index (χ4v) is 4.62. The molecule has 4 rings (SSSR count). The van der Waals surface area contributed by atoms with Gasteiger partial charge >= 0.3 is 0 Å². The lowest BCUT2D eigenvalue weighted by Gasteiger charge is -2.35. The molecular formula is C29H33N3O4. The third-order valence-electron chi connectivity index (χ3n) is 6.82. The summed E-state index contributed by atoms with van der Waals surface area (Å²) in [5.74, 6) is -0.351. The van der Waals surface area contributed by atoms with Crippen LogP contribution >= 0.6 is 0 Å². The number of aromatic nitrogens is 1. The summed E-state index contributed by atoms with van der Waals surface area (Å²) in [6.07, 6.45) is 2.86. The molecule has 1 aromatic heterocycles. The van der Waals surface area contributed by atoms with Crippen LogP contribution in [0.1, 0.15) is 40.1 Å². The molecule has 36 heavy (non-hydrogen) atoms. The highest BCUT2D eigenvalue weighted by molar-refractivity contribution is 6.01. The van der Waals surface area contributed by atoms with E-state index >= 15 is 0 Å². The quantitative estimate of drug-likeness (QED) is 0.591. The van der Waals surface area contributed by atoms with Crippen LogP contribution in [-0.4, -0.2) is 70.6 Å². The van der Waals surface area contributed by atoms with E-state index in [1.165, 1.54) is 0 Å². The molecule has 0 unspecified atom stereocenters. The maximum Gasteiger partial charge on any atom is 0.254 e. The van der Waals surface area contributed by atoms with Gasteiger partial charge in [0.15, 0.2) is 0 Å². The summed E-state index contributed by atoms with van der Waals surface area (Å²) < 4.78 is 6.47. The Morgan fingerprint density at radius 2 is 1.72 bits per heavy atom. The van der Waals surface area contributed by atoms with Crippen molar-refractivity contribution in [3.05, 3.63) is 89.7 Å². The summed E-state index contributed by atoms with van der Waals surface area (Å²) in [6, 6.07) is 18.5. The lowest BCUT2D eigenvalue weighted by Crippen LogP contribution is -2.47. The SMILES string of the molecule is C[C@H]1CN([C@@H](C)CO)C(=O)c2ccccc2-c2ccccc2CO[C@H]1CN(C)C(=O)c1ccncc1. The second-order valence-corrected chi connectivity index (χ2v) is 9.44. The predicted molar refractivity (Wildman–Crippen MR) is 138 cm³/mol. The van der Waals surface area contributed by atoms with Crippen LogP contribution in [0.25, 0.3) is 11.1 Å². The molecule has 0 fully saturated rings. The number of pyridine rings is 1. The molecule has 3 aromatic rings. The monoisotopic (exact) mass is 487 g/mol. The van der Waals surface area contributed by atoms with Crippen molar-refractivity contribution in [3.63, 3.8) is 0 Å². The van der Waals surface area contributed by atoms with Gasteiger partial charge in [0.05, 0.1) is 25.4 Å². The summed E-state index contributed by atoms with van der Waals surface area (Å²) in [6.45, 7) is 4.80. The minimum Gasteiger partial charge on any atom is -0.394 e. The van der Waals surface area contributed by atoms with E-state index in [2.05, 4.69) is 4.98 Å². The number of carbonyl (C=O) groups is 2. The first-order chi connectivity index (χ1) is 17.4. The number of likely N-dealkylation sites (N-methyl/N-ethyl adjacent to an activating group) is 1. The fourth-order valence-electron chi connectivity index (χ4n) is 4.62. The Hall–Kier alpha value is -3.55. The molecule has 0 saturated heterocycles. The molecule has 1 aliphatic rings. The Kier molecular flexibility index (Phi) is 8.13. The van der Waals surface area contributed by atoms with E-state index in [9.17, 15) is 14.7 Å². The molecule has 7 heteroatoms. The van der Waals surface area contributed by atoms with Gasteiger partial charge in [-0.25, -0.2) is 0 Å². The normalized spacial score (nSPS) is 19.0. The van der Waals surface area contributed by atoms with Gasteiger partial charge in [0.2, 0.25) is 0 Å². The Balaban J connectivity index is 1.71. The summed E-state index contributed by atoms with van der Waals surface area (Å²) in [5, 5.41) is 9.97. The van der Waals surface area contributed by atoms with Gasteiger partial charge in [0.1, 0.15) is 0 Å². The minimum absolute atomic E-state index is 0.104. The number of fused-ring (bicyclic) bond motifs is 3. The van der Waals surface area contributed by atoms with Crippen molar-refractivity contribution in [3.8, 4) is 11.1 Å². The number of hydrogen-bond donors (Lipinski definition) is 1. The van der Waals surface area contributed by atoms with Crippen molar-refractivity contribution >= 4 is 11.8 Å². The molecule has 0 bridgehead atoms. The predicted octanol–water partition coefficient (Wildman–Crippen LogP) is 3.88. The lowest BCUT2D eigenvalue weighted by atomic mass is 9.94. The van der Waals surface area contributed by atoms with Crippen LogP contribution in [0.5, 0.6) is 0 Å². The van der Waals surface area contributed by atoms with Crippen LogP contribution in [0.15, 0.2) is 73.1 Å². The van der Waals surface area contributed by atoms with Crippen LogP contribution in [0.4, 0.5) is 0 Å². The molecule has 1 N–H and O–H groups in total. The molecule has 0 radical (unpaired) electrons. The lowest BCUT2D eigenvalue weighted by molar-refractivity contribution is -0.0209. The smallest absolute Gasteiger partial charge is 0.254 e. The van der Waals surface area contributed by atoms with Crippen molar-refractivity contribution in [1.29, 1.82) is 0 Å². The maximum atomic E-state index is 13.8. The third-order valence-corrected chi connectivity index (χ3v) is 6.82. The molecule has 3 atom stereocenters. The number of hydrogen-bond acceptors (Lipinski definition) is 5. The van der Waals surface area contributed by atoms with E-state index in [0.717, 1.165) is 16.7 Å². The van der Waals surface area contributed by atoms with E-state index in [1.807, 2.05) is 62.4 Å². The van der Waals surface area contributed by atoms with E-state index < -0.39 is 0 Å². The Labute approximate surface area is 212 Å². The number of aliphatic hydroxyl groups is 1. The van der Waals surface area contributed by atoms with Gasteiger partial charge in [0.25, 0.3) is 11.8 Å². The van der Waals surface area contributed by atoms with Crippen molar-refractivity contribution in [2.75, 3.05) is 26.7 Å². The van der Waals surface area contributed by atoms with Gasteiger partial charge in [-0.15, -0.1) is 0 Å². The number of ether oxygens (including phenoxy) is 1. The summed E-state index contributed by atoms with van der Waals surface area (Å²) in [7, 11) is 1.76. The Morgan fingerprint density at radius 1 is 1.08 bits per heavy atom. The first kappa shape index (κ1) is 25.5. The molecule has 2 amide bonds. The van der Waals surface area contributed by atoms with Gasteiger partial charge in [-0.05, 0) is 41.8 Å². The molecule has 0 spiro atoms. The number of rotatable bonds is 5. The molecule has 2 heterocycles.